The molecule has 150 valence electrons. The number of Topliss-reactive ketones (excluding diaryl/α,β-unsaturated/α-hetero) is 1. The zero-order valence-corrected chi connectivity index (χ0v) is 13.8. The van der Waals surface area contributed by atoms with Crippen LogP contribution in [0.25, 0.3) is 0 Å². The van der Waals surface area contributed by atoms with Gasteiger partial charge in [0, 0.05) is 24.2 Å². The number of carbonyl (C=O) groups is 1. The number of aliphatic hydroxyl groups is 1. The van der Waals surface area contributed by atoms with Crippen molar-refractivity contribution in [3.8, 4) is 0 Å². The van der Waals surface area contributed by atoms with Gasteiger partial charge in [-0.1, -0.05) is 30.3 Å². The fourth-order valence-corrected chi connectivity index (χ4v) is 2.71. The number of halogens is 7. The number of ketones is 1. The molecule has 0 saturated heterocycles. The van der Waals surface area contributed by atoms with E-state index in [9.17, 15) is 40.6 Å². The van der Waals surface area contributed by atoms with Crippen LogP contribution in [-0.4, -0.2) is 35.0 Å². The minimum atomic E-state index is -6.59. The summed E-state index contributed by atoms with van der Waals surface area (Å²) >= 11 is 0. The van der Waals surface area contributed by atoms with E-state index >= 15 is 0 Å². The van der Waals surface area contributed by atoms with Gasteiger partial charge in [-0.3, -0.25) is 4.79 Å². The third kappa shape index (κ3) is 4.10. The van der Waals surface area contributed by atoms with E-state index in [2.05, 4.69) is 5.32 Å². The smallest absolute Gasteiger partial charge is 0.384 e. The average Bonchev–Trinajstić information content (AvgIpc) is 2.59. The van der Waals surface area contributed by atoms with Crippen molar-refractivity contribution in [2.24, 2.45) is 0 Å². The number of alkyl halides is 7. The van der Waals surface area contributed by atoms with Crippen molar-refractivity contribution in [1.82, 2.24) is 5.32 Å². The number of benzene rings is 1. The molecule has 0 aromatic heterocycles. The lowest BCUT2D eigenvalue weighted by molar-refractivity contribution is -0.367. The third-order valence-corrected chi connectivity index (χ3v) is 4.20. The van der Waals surface area contributed by atoms with Crippen LogP contribution in [0.3, 0.4) is 0 Å². The second-order valence-electron chi connectivity index (χ2n) is 6.11. The second kappa shape index (κ2) is 7.49. The molecule has 0 aliphatic heterocycles. The highest BCUT2D eigenvalue weighted by Gasteiger charge is 2.76. The SMILES string of the molecule is O=C1CCCC(NCc2ccccc2)=C1C(O)C(F)(F)C(F)(F)C(F)(F)F. The Labute approximate surface area is 149 Å². The Bertz CT molecular complexity index is 714. The Hall–Kier alpha value is -2.10. The summed E-state index contributed by atoms with van der Waals surface area (Å²) in [6.07, 6.45) is -10.4. The Morgan fingerprint density at radius 1 is 1.00 bits per heavy atom. The normalized spacial score (nSPS) is 17.9. The molecule has 1 aromatic carbocycles. The topological polar surface area (TPSA) is 49.3 Å². The number of nitrogens with one attached hydrogen (secondary N) is 1. The summed E-state index contributed by atoms with van der Waals surface area (Å²) in [7, 11) is 0. The minimum Gasteiger partial charge on any atom is -0.384 e. The van der Waals surface area contributed by atoms with Gasteiger partial charge in [-0.25, -0.2) is 0 Å². The molecule has 27 heavy (non-hydrogen) atoms. The highest BCUT2D eigenvalue weighted by molar-refractivity contribution is 5.98. The van der Waals surface area contributed by atoms with Gasteiger partial charge in [0.25, 0.3) is 0 Å². The number of hydrogen-bond donors (Lipinski definition) is 2. The molecule has 2 N–H and O–H groups in total. The average molecular weight is 399 g/mol. The number of hydrogen-bond acceptors (Lipinski definition) is 3. The zero-order chi connectivity index (χ0) is 20.5. The van der Waals surface area contributed by atoms with E-state index in [1.165, 1.54) is 0 Å². The number of allylic oxidation sites excluding steroid dienone is 1. The molecule has 0 fully saturated rings. The highest BCUT2D eigenvalue weighted by atomic mass is 19.4. The van der Waals surface area contributed by atoms with Crippen molar-refractivity contribution >= 4 is 5.78 Å². The van der Waals surface area contributed by atoms with Crippen LogP contribution in [0.15, 0.2) is 41.6 Å². The van der Waals surface area contributed by atoms with E-state index in [4.69, 9.17) is 0 Å². The van der Waals surface area contributed by atoms with Crippen molar-refractivity contribution in [2.45, 2.75) is 49.9 Å². The summed E-state index contributed by atoms with van der Waals surface area (Å²) in [5.74, 6) is -13.5. The zero-order valence-electron chi connectivity index (χ0n) is 13.8. The Balaban J connectivity index is 2.36. The van der Waals surface area contributed by atoms with Gasteiger partial charge in [-0.15, -0.1) is 0 Å². The molecule has 2 rings (SSSR count). The first-order valence-electron chi connectivity index (χ1n) is 7.94. The molecule has 1 aliphatic rings. The Kier molecular flexibility index (Phi) is 5.88. The van der Waals surface area contributed by atoms with Crippen LogP contribution in [0.4, 0.5) is 30.7 Å². The van der Waals surface area contributed by atoms with E-state index < -0.39 is 35.5 Å². The molecule has 1 aromatic rings. The molecular weight excluding hydrogens is 383 g/mol. The molecule has 3 nitrogen and oxygen atoms in total. The molecule has 0 spiro atoms. The molecule has 10 heteroatoms. The van der Waals surface area contributed by atoms with Crippen LogP contribution >= 0.6 is 0 Å². The first-order valence-corrected chi connectivity index (χ1v) is 7.94. The van der Waals surface area contributed by atoms with Gasteiger partial charge < -0.3 is 10.4 Å². The lowest BCUT2D eigenvalue weighted by atomic mass is 9.86. The fraction of sp³-hybridized carbons (Fsp3) is 0.471. The van der Waals surface area contributed by atoms with Gasteiger partial charge >= 0.3 is 18.0 Å². The van der Waals surface area contributed by atoms with Gasteiger partial charge in [-0.05, 0) is 18.4 Å². The summed E-state index contributed by atoms with van der Waals surface area (Å²) < 4.78 is 91.2. The van der Waals surface area contributed by atoms with Crippen molar-refractivity contribution in [3.05, 3.63) is 47.2 Å². The van der Waals surface area contributed by atoms with Gasteiger partial charge in [0.1, 0.15) is 0 Å². The second-order valence-corrected chi connectivity index (χ2v) is 6.11. The van der Waals surface area contributed by atoms with Gasteiger partial charge in [0.15, 0.2) is 11.9 Å². The largest absolute Gasteiger partial charge is 0.459 e. The minimum absolute atomic E-state index is 0.0148. The maximum Gasteiger partial charge on any atom is 0.459 e. The van der Waals surface area contributed by atoms with E-state index in [0.717, 1.165) is 0 Å². The molecule has 0 amide bonds. The lowest BCUT2D eigenvalue weighted by Gasteiger charge is -2.34. The molecule has 0 bridgehead atoms. The predicted octanol–water partition coefficient (Wildman–Crippen LogP) is 3.98. The first-order chi connectivity index (χ1) is 12.4. The fourth-order valence-electron chi connectivity index (χ4n) is 2.71. The molecule has 1 atom stereocenters. The highest BCUT2D eigenvalue weighted by Crippen LogP contribution is 2.49. The van der Waals surface area contributed by atoms with Crippen LogP contribution < -0.4 is 5.32 Å². The maximum absolute atomic E-state index is 13.9. The molecular formula is C17H16F7NO2. The van der Waals surface area contributed by atoms with E-state index in [1.54, 1.807) is 30.3 Å². The third-order valence-electron chi connectivity index (χ3n) is 4.20. The van der Waals surface area contributed by atoms with Gasteiger partial charge in [-0.2, -0.15) is 30.7 Å². The van der Waals surface area contributed by atoms with Crippen LogP contribution in [0.1, 0.15) is 24.8 Å². The first kappa shape index (κ1) is 21.2. The summed E-state index contributed by atoms with van der Waals surface area (Å²) in [5, 5.41) is 12.3. The summed E-state index contributed by atoms with van der Waals surface area (Å²) in [5.41, 5.74) is -0.740. The van der Waals surface area contributed by atoms with Crippen LogP contribution in [-0.2, 0) is 11.3 Å². The van der Waals surface area contributed by atoms with Crippen LogP contribution in [0.5, 0.6) is 0 Å². The molecule has 0 heterocycles. The quantitative estimate of drug-likeness (QED) is 0.712. The van der Waals surface area contributed by atoms with Crippen molar-refractivity contribution in [3.63, 3.8) is 0 Å². The predicted molar refractivity (Wildman–Crippen MR) is 81.1 cm³/mol. The van der Waals surface area contributed by atoms with Crippen molar-refractivity contribution in [2.75, 3.05) is 0 Å². The maximum atomic E-state index is 13.9. The van der Waals surface area contributed by atoms with Gasteiger partial charge in [0.2, 0.25) is 0 Å². The van der Waals surface area contributed by atoms with E-state index in [1.807, 2.05) is 0 Å². The van der Waals surface area contributed by atoms with Gasteiger partial charge in [0.05, 0.1) is 0 Å². The Morgan fingerprint density at radius 3 is 2.15 bits per heavy atom. The van der Waals surface area contributed by atoms with Crippen LogP contribution in [0, 0.1) is 0 Å². The summed E-state index contributed by atoms with van der Waals surface area (Å²) in [6, 6.07) is 8.36. The number of rotatable bonds is 6. The number of aliphatic hydroxyl groups excluding tert-OH is 1. The summed E-state index contributed by atoms with van der Waals surface area (Å²) in [6.45, 7) is 0.0148. The van der Waals surface area contributed by atoms with Crippen molar-refractivity contribution < 1.29 is 40.6 Å². The van der Waals surface area contributed by atoms with Crippen molar-refractivity contribution in [1.29, 1.82) is 0 Å². The molecule has 0 radical (unpaired) electrons. The monoisotopic (exact) mass is 399 g/mol. The van der Waals surface area contributed by atoms with E-state index in [0.29, 0.717) is 5.56 Å². The van der Waals surface area contributed by atoms with Crippen LogP contribution in [0.2, 0.25) is 0 Å². The molecule has 1 aliphatic carbocycles. The van der Waals surface area contributed by atoms with E-state index in [-0.39, 0.29) is 31.5 Å². The Morgan fingerprint density at radius 2 is 1.59 bits per heavy atom. The number of carbonyl (C=O) groups excluding carboxylic acids is 1. The molecule has 1 unspecified atom stereocenters. The standard InChI is InChI=1S/C17H16F7NO2/c18-15(19,16(20,21)17(22,23)24)14(27)13-11(7-4-8-12(13)26)25-9-10-5-2-1-3-6-10/h1-3,5-6,14,25,27H,4,7-9H2. The molecule has 0 saturated carbocycles. The summed E-state index contributed by atoms with van der Waals surface area (Å²) in [4.78, 5) is 12.0. The lowest BCUT2D eigenvalue weighted by Crippen LogP contribution is -2.59.